The highest BCUT2D eigenvalue weighted by molar-refractivity contribution is 5.68. The molecule has 0 bridgehead atoms. The van der Waals surface area contributed by atoms with Gasteiger partial charge in [-0.05, 0) is 40.8 Å². The molecule has 0 atom stereocenters. The van der Waals surface area contributed by atoms with Crippen LogP contribution in [0.15, 0.2) is 55.1 Å². The first-order chi connectivity index (χ1) is 9.19. The van der Waals surface area contributed by atoms with Crippen molar-refractivity contribution < 1.29 is 4.74 Å². The van der Waals surface area contributed by atoms with Crippen molar-refractivity contribution in [2.24, 2.45) is 5.92 Å². The molecule has 0 saturated carbocycles. The Labute approximate surface area is 115 Å². The van der Waals surface area contributed by atoms with Crippen LogP contribution in [0.4, 0.5) is 0 Å². The summed E-state index contributed by atoms with van der Waals surface area (Å²) in [6, 6.07) is 16.6. The summed E-state index contributed by atoms with van der Waals surface area (Å²) in [6.07, 6.45) is 1.86. The van der Waals surface area contributed by atoms with Gasteiger partial charge in [-0.1, -0.05) is 56.8 Å². The molecule has 0 heterocycles. The first-order valence-electron chi connectivity index (χ1n) is 6.65. The summed E-state index contributed by atoms with van der Waals surface area (Å²) in [4.78, 5) is 0. The maximum Gasteiger partial charge on any atom is 0.119 e. The van der Waals surface area contributed by atoms with Gasteiger partial charge in [0.15, 0.2) is 0 Å². The Hall–Kier alpha value is -2.02. The molecule has 0 fully saturated rings. The van der Waals surface area contributed by atoms with E-state index in [1.54, 1.807) is 0 Å². The molecular formula is C18H20O. The van der Waals surface area contributed by atoms with Crippen molar-refractivity contribution in [3.8, 4) is 16.9 Å². The molecule has 0 aliphatic carbocycles. The lowest BCUT2D eigenvalue weighted by molar-refractivity contribution is 0.271. The zero-order valence-electron chi connectivity index (χ0n) is 11.6. The van der Waals surface area contributed by atoms with Gasteiger partial charge < -0.3 is 4.74 Å². The first kappa shape index (κ1) is 13.4. The Morgan fingerprint density at radius 3 is 2.42 bits per heavy atom. The van der Waals surface area contributed by atoms with E-state index in [4.69, 9.17) is 4.74 Å². The lowest BCUT2D eigenvalue weighted by Crippen LogP contribution is -2.04. The average molecular weight is 252 g/mol. The fourth-order valence-electron chi connectivity index (χ4n) is 1.87. The third kappa shape index (κ3) is 3.72. The maximum atomic E-state index is 5.77. The highest BCUT2D eigenvalue weighted by atomic mass is 16.5. The van der Waals surface area contributed by atoms with Gasteiger partial charge in [-0.2, -0.15) is 0 Å². The summed E-state index contributed by atoms with van der Waals surface area (Å²) in [5, 5.41) is 0. The van der Waals surface area contributed by atoms with E-state index in [-0.39, 0.29) is 0 Å². The molecule has 2 aromatic carbocycles. The SMILES string of the molecule is C=Cc1cccc(-c2cccc(OCC(C)C)c2)c1. The van der Waals surface area contributed by atoms with Gasteiger partial charge in [0.05, 0.1) is 6.61 Å². The average Bonchev–Trinajstić information content (AvgIpc) is 2.45. The molecular weight excluding hydrogens is 232 g/mol. The Kier molecular flexibility index (Phi) is 4.40. The van der Waals surface area contributed by atoms with Gasteiger partial charge in [-0.25, -0.2) is 0 Å². The normalized spacial score (nSPS) is 10.5. The van der Waals surface area contributed by atoms with E-state index in [9.17, 15) is 0 Å². The highest BCUT2D eigenvalue weighted by Gasteiger charge is 2.01. The Balaban J connectivity index is 2.24. The summed E-state index contributed by atoms with van der Waals surface area (Å²) in [5.41, 5.74) is 3.49. The van der Waals surface area contributed by atoms with Crippen LogP contribution in [0.25, 0.3) is 17.2 Å². The number of hydrogen-bond donors (Lipinski definition) is 0. The van der Waals surface area contributed by atoms with Crippen LogP contribution in [0.3, 0.4) is 0 Å². The summed E-state index contributed by atoms with van der Waals surface area (Å²) >= 11 is 0. The number of ether oxygens (including phenoxy) is 1. The predicted octanol–water partition coefficient (Wildman–Crippen LogP) is 5.03. The fraction of sp³-hybridized carbons (Fsp3) is 0.222. The molecule has 0 spiro atoms. The van der Waals surface area contributed by atoms with Crippen molar-refractivity contribution in [1.82, 2.24) is 0 Å². The van der Waals surface area contributed by atoms with Crippen LogP contribution in [0, 0.1) is 5.92 Å². The van der Waals surface area contributed by atoms with Gasteiger partial charge in [0.2, 0.25) is 0 Å². The number of rotatable bonds is 5. The first-order valence-corrected chi connectivity index (χ1v) is 6.65. The quantitative estimate of drug-likeness (QED) is 0.725. The van der Waals surface area contributed by atoms with E-state index in [1.807, 2.05) is 24.3 Å². The van der Waals surface area contributed by atoms with Crippen LogP contribution in [0.2, 0.25) is 0 Å². The van der Waals surface area contributed by atoms with Crippen molar-refractivity contribution in [1.29, 1.82) is 0 Å². The zero-order chi connectivity index (χ0) is 13.7. The smallest absolute Gasteiger partial charge is 0.119 e. The number of benzene rings is 2. The lowest BCUT2D eigenvalue weighted by atomic mass is 10.0. The summed E-state index contributed by atoms with van der Waals surface area (Å²) in [6.45, 7) is 8.85. The molecule has 0 aliphatic heterocycles. The van der Waals surface area contributed by atoms with Crippen molar-refractivity contribution in [2.45, 2.75) is 13.8 Å². The van der Waals surface area contributed by atoms with E-state index >= 15 is 0 Å². The van der Waals surface area contributed by atoms with Gasteiger partial charge in [0.1, 0.15) is 5.75 Å². The molecule has 1 nitrogen and oxygen atoms in total. The van der Waals surface area contributed by atoms with Crippen LogP contribution in [-0.4, -0.2) is 6.61 Å². The van der Waals surface area contributed by atoms with Gasteiger partial charge in [-0.3, -0.25) is 0 Å². The molecule has 19 heavy (non-hydrogen) atoms. The minimum Gasteiger partial charge on any atom is -0.493 e. The van der Waals surface area contributed by atoms with E-state index in [1.165, 1.54) is 11.1 Å². The van der Waals surface area contributed by atoms with Gasteiger partial charge in [0, 0.05) is 0 Å². The minimum absolute atomic E-state index is 0.535. The van der Waals surface area contributed by atoms with Crippen LogP contribution >= 0.6 is 0 Å². The monoisotopic (exact) mass is 252 g/mol. The van der Waals surface area contributed by atoms with Crippen LogP contribution in [0.5, 0.6) is 5.75 Å². The fourth-order valence-corrected chi connectivity index (χ4v) is 1.87. The molecule has 1 heteroatoms. The van der Waals surface area contributed by atoms with Crippen molar-refractivity contribution >= 4 is 6.08 Å². The van der Waals surface area contributed by atoms with E-state index in [2.05, 4.69) is 50.8 Å². The van der Waals surface area contributed by atoms with Gasteiger partial charge in [-0.15, -0.1) is 0 Å². The third-order valence-corrected chi connectivity index (χ3v) is 2.87. The Morgan fingerprint density at radius 2 is 1.74 bits per heavy atom. The second-order valence-corrected chi connectivity index (χ2v) is 5.06. The largest absolute Gasteiger partial charge is 0.493 e. The van der Waals surface area contributed by atoms with Gasteiger partial charge >= 0.3 is 0 Å². The molecule has 0 aromatic heterocycles. The van der Waals surface area contributed by atoms with E-state index in [0.29, 0.717) is 5.92 Å². The van der Waals surface area contributed by atoms with Gasteiger partial charge in [0.25, 0.3) is 0 Å². The lowest BCUT2D eigenvalue weighted by Gasteiger charge is -2.10. The second-order valence-electron chi connectivity index (χ2n) is 5.06. The van der Waals surface area contributed by atoms with E-state index < -0.39 is 0 Å². The van der Waals surface area contributed by atoms with Crippen LogP contribution < -0.4 is 4.74 Å². The standard InChI is InChI=1S/C18H20O/c1-4-15-7-5-8-16(11-15)17-9-6-10-18(12-17)19-13-14(2)3/h4-12,14H,1,13H2,2-3H3. The summed E-state index contributed by atoms with van der Waals surface area (Å²) in [7, 11) is 0. The number of hydrogen-bond acceptors (Lipinski definition) is 1. The topological polar surface area (TPSA) is 9.23 Å². The predicted molar refractivity (Wildman–Crippen MR) is 82.3 cm³/mol. The minimum atomic E-state index is 0.535. The molecule has 0 aliphatic rings. The van der Waals surface area contributed by atoms with Crippen LogP contribution in [-0.2, 0) is 0 Å². The molecule has 98 valence electrons. The summed E-state index contributed by atoms with van der Waals surface area (Å²) in [5.74, 6) is 1.46. The van der Waals surface area contributed by atoms with E-state index in [0.717, 1.165) is 17.9 Å². The Bertz CT molecular complexity index is 555. The molecule has 2 rings (SSSR count). The summed E-state index contributed by atoms with van der Waals surface area (Å²) < 4.78 is 5.77. The van der Waals surface area contributed by atoms with Crippen molar-refractivity contribution in [3.05, 3.63) is 60.7 Å². The van der Waals surface area contributed by atoms with Crippen molar-refractivity contribution in [2.75, 3.05) is 6.61 Å². The zero-order valence-corrected chi connectivity index (χ0v) is 11.6. The molecule has 0 amide bonds. The molecule has 0 unspecified atom stereocenters. The molecule has 0 saturated heterocycles. The Morgan fingerprint density at radius 1 is 1.05 bits per heavy atom. The molecule has 0 radical (unpaired) electrons. The molecule has 0 N–H and O–H groups in total. The molecule has 2 aromatic rings. The third-order valence-electron chi connectivity index (χ3n) is 2.87. The highest BCUT2D eigenvalue weighted by Crippen LogP contribution is 2.25. The van der Waals surface area contributed by atoms with Crippen LogP contribution in [0.1, 0.15) is 19.4 Å². The van der Waals surface area contributed by atoms with Crippen molar-refractivity contribution in [3.63, 3.8) is 0 Å². The second kappa shape index (κ2) is 6.24. The maximum absolute atomic E-state index is 5.77.